The highest BCUT2D eigenvalue weighted by Crippen LogP contribution is 2.26. The number of nitrogens with zero attached hydrogens (tertiary/aromatic N) is 3. The number of anilines is 3. The smallest absolute Gasteiger partial charge is 0.319 e. The fraction of sp³-hybridized carbons (Fsp3) is 0.357. The molecule has 2 aromatic heterocycles. The molecule has 3 aromatic rings. The number of nitrogens with one attached hydrogen (secondary N) is 4. The summed E-state index contributed by atoms with van der Waals surface area (Å²) in [4.78, 5) is 35.8. The maximum absolute atomic E-state index is 14.9. The van der Waals surface area contributed by atoms with Crippen LogP contribution >= 0.6 is 0 Å². The van der Waals surface area contributed by atoms with E-state index in [0.717, 1.165) is 24.9 Å². The highest BCUT2D eigenvalue weighted by atomic mass is 19.1. The summed E-state index contributed by atoms with van der Waals surface area (Å²) in [5, 5.41) is 21.0. The number of aliphatic hydroxyl groups excluding tert-OH is 1. The Morgan fingerprint density at radius 3 is 2.75 bits per heavy atom. The van der Waals surface area contributed by atoms with Gasteiger partial charge >= 0.3 is 6.03 Å². The highest BCUT2D eigenvalue weighted by molar-refractivity contribution is 5.99. The molecule has 1 fully saturated rings. The first kappa shape index (κ1) is 28.7. The molecule has 40 heavy (non-hydrogen) atoms. The van der Waals surface area contributed by atoms with Crippen molar-refractivity contribution in [3.63, 3.8) is 0 Å². The summed E-state index contributed by atoms with van der Waals surface area (Å²) in [5.74, 6) is -0.117. The first-order valence-electron chi connectivity index (χ1n) is 13.3. The number of carbonyl (C=O) groups is 2. The van der Waals surface area contributed by atoms with Gasteiger partial charge in [-0.15, -0.1) is 0 Å². The molecule has 11 nitrogen and oxygen atoms in total. The van der Waals surface area contributed by atoms with Crippen LogP contribution in [0.1, 0.15) is 35.7 Å². The summed E-state index contributed by atoms with van der Waals surface area (Å²) < 4.78 is 14.9. The van der Waals surface area contributed by atoms with E-state index >= 15 is 0 Å². The van der Waals surface area contributed by atoms with E-state index in [4.69, 9.17) is 5.73 Å². The molecule has 1 aliphatic rings. The molecule has 3 amide bonds. The number of aliphatic hydroxyl groups is 1. The van der Waals surface area contributed by atoms with Gasteiger partial charge < -0.3 is 32.1 Å². The molecule has 212 valence electrons. The lowest BCUT2D eigenvalue weighted by Gasteiger charge is -2.29. The lowest BCUT2D eigenvalue weighted by Crippen LogP contribution is -2.42. The standard InChI is InChI=1S/C28H35FN8O3/c1-2-31-26-21(27(39)32-11-13-37-12-3-4-20(38)17-37)7-9-23(35-26)19-6-8-24(22(29)14-19)36-28(40)34-16-18-5-10-25(30)33-15-18/h5-10,14-15,20,38H,2-4,11-13,16-17H2,1H3,(H2,30,33)(H,31,35)(H,32,39)(H2,34,36,40). The third kappa shape index (κ3) is 7.87. The van der Waals surface area contributed by atoms with Gasteiger partial charge in [-0.2, -0.15) is 0 Å². The second-order valence-corrected chi connectivity index (χ2v) is 9.57. The van der Waals surface area contributed by atoms with Crippen molar-refractivity contribution in [2.24, 2.45) is 0 Å². The molecule has 1 aromatic carbocycles. The van der Waals surface area contributed by atoms with Crippen molar-refractivity contribution >= 4 is 29.3 Å². The van der Waals surface area contributed by atoms with E-state index in [9.17, 15) is 19.1 Å². The number of urea groups is 1. The molecule has 0 radical (unpaired) electrons. The number of carbonyl (C=O) groups excluding carboxylic acids is 2. The number of amides is 3. The number of piperidine rings is 1. The summed E-state index contributed by atoms with van der Waals surface area (Å²) in [6.45, 7) is 5.27. The van der Waals surface area contributed by atoms with Crippen LogP contribution in [0.15, 0.2) is 48.7 Å². The fourth-order valence-electron chi connectivity index (χ4n) is 4.43. The van der Waals surface area contributed by atoms with Crippen molar-refractivity contribution in [1.82, 2.24) is 25.5 Å². The second kappa shape index (κ2) is 13.7. The fourth-order valence-corrected chi connectivity index (χ4v) is 4.43. The molecule has 1 unspecified atom stereocenters. The monoisotopic (exact) mass is 550 g/mol. The van der Waals surface area contributed by atoms with Gasteiger partial charge in [0.25, 0.3) is 5.91 Å². The normalized spacial score (nSPS) is 15.3. The Kier molecular flexibility index (Phi) is 9.81. The number of hydrogen-bond acceptors (Lipinski definition) is 8. The summed E-state index contributed by atoms with van der Waals surface area (Å²) >= 11 is 0. The Hall–Kier alpha value is -4.29. The van der Waals surface area contributed by atoms with Crippen molar-refractivity contribution < 1.29 is 19.1 Å². The van der Waals surface area contributed by atoms with Crippen LogP contribution < -0.4 is 27.0 Å². The number of nitrogen functional groups attached to an aromatic ring is 1. The van der Waals surface area contributed by atoms with Crippen LogP contribution in [0.4, 0.5) is 26.5 Å². The van der Waals surface area contributed by atoms with E-state index in [1.165, 1.54) is 12.1 Å². The lowest BCUT2D eigenvalue weighted by molar-refractivity contribution is 0.0703. The molecule has 0 saturated carbocycles. The Morgan fingerprint density at radius 2 is 2.02 bits per heavy atom. The van der Waals surface area contributed by atoms with E-state index < -0.39 is 11.8 Å². The first-order valence-corrected chi connectivity index (χ1v) is 13.3. The zero-order chi connectivity index (χ0) is 28.5. The average Bonchev–Trinajstić information content (AvgIpc) is 2.94. The van der Waals surface area contributed by atoms with E-state index in [1.807, 2.05) is 6.92 Å². The van der Waals surface area contributed by atoms with Crippen LogP contribution in [0, 0.1) is 5.82 Å². The molecule has 0 bridgehead atoms. The predicted molar refractivity (Wildman–Crippen MR) is 152 cm³/mol. The van der Waals surface area contributed by atoms with Crippen molar-refractivity contribution in [1.29, 1.82) is 0 Å². The van der Waals surface area contributed by atoms with Gasteiger partial charge in [0.15, 0.2) is 0 Å². The first-order chi connectivity index (χ1) is 19.3. The number of benzene rings is 1. The van der Waals surface area contributed by atoms with Gasteiger partial charge in [0.1, 0.15) is 17.5 Å². The summed E-state index contributed by atoms with van der Waals surface area (Å²) in [5.41, 5.74) is 7.67. The second-order valence-electron chi connectivity index (χ2n) is 9.57. The minimum absolute atomic E-state index is 0.0146. The molecule has 1 aliphatic heterocycles. The van der Waals surface area contributed by atoms with Crippen molar-refractivity contribution in [3.8, 4) is 11.3 Å². The molecule has 1 atom stereocenters. The van der Waals surface area contributed by atoms with Gasteiger partial charge in [-0.1, -0.05) is 12.1 Å². The number of aromatic nitrogens is 2. The van der Waals surface area contributed by atoms with Crippen LogP contribution in [-0.2, 0) is 6.54 Å². The Bertz CT molecular complexity index is 1320. The van der Waals surface area contributed by atoms with E-state index in [2.05, 4.69) is 36.1 Å². The minimum atomic E-state index is -0.627. The molecule has 7 N–H and O–H groups in total. The predicted octanol–water partition coefficient (Wildman–Crippen LogP) is 2.80. The third-order valence-corrected chi connectivity index (χ3v) is 6.49. The number of rotatable bonds is 10. The van der Waals surface area contributed by atoms with E-state index in [0.29, 0.717) is 54.6 Å². The summed E-state index contributed by atoms with van der Waals surface area (Å²) in [6, 6.07) is 10.5. The number of β-amino-alcohol motifs (C(OH)–C–C–N with tert-alkyl or cyclic N) is 1. The van der Waals surface area contributed by atoms with E-state index in [-0.39, 0.29) is 24.2 Å². The van der Waals surface area contributed by atoms with Crippen LogP contribution in [0.5, 0.6) is 0 Å². The van der Waals surface area contributed by atoms with Crippen LogP contribution in [0.25, 0.3) is 11.3 Å². The summed E-state index contributed by atoms with van der Waals surface area (Å²) in [6.07, 6.45) is 3.00. The maximum Gasteiger partial charge on any atom is 0.319 e. The van der Waals surface area contributed by atoms with Gasteiger partial charge in [0.2, 0.25) is 0 Å². The number of hydrogen-bond donors (Lipinski definition) is 6. The zero-order valence-corrected chi connectivity index (χ0v) is 22.4. The van der Waals surface area contributed by atoms with Crippen LogP contribution in [0.2, 0.25) is 0 Å². The zero-order valence-electron chi connectivity index (χ0n) is 22.4. The van der Waals surface area contributed by atoms with Gasteiger partial charge in [-0.3, -0.25) is 9.69 Å². The Balaban J connectivity index is 1.37. The third-order valence-electron chi connectivity index (χ3n) is 6.49. The Morgan fingerprint density at radius 1 is 1.18 bits per heavy atom. The number of likely N-dealkylation sites (tertiary alicyclic amines) is 1. The maximum atomic E-state index is 14.9. The number of pyridine rings is 2. The molecule has 4 rings (SSSR count). The van der Waals surface area contributed by atoms with Gasteiger partial charge in [-0.05, 0) is 62.2 Å². The number of nitrogens with two attached hydrogens (primary N) is 1. The van der Waals surface area contributed by atoms with Crippen molar-refractivity contribution in [2.45, 2.75) is 32.4 Å². The minimum Gasteiger partial charge on any atom is -0.392 e. The topological polar surface area (TPSA) is 158 Å². The lowest BCUT2D eigenvalue weighted by atomic mass is 10.1. The van der Waals surface area contributed by atoms with Gasteiger partial charge in [0, 0.05) is 44.5 Å². The number of halogens is 1. The van der Waals surface area contributed by atoms with Gasteiger partial charge in [-0.25, -0.2) is 19.2 Å². The summed E-state index contributed by atoms with van der Waals surface area (Å²) in [7, 11) is 0. The molecular weight excluding hydrogens is 515 g/mol. The average molecular weight is 551 g/mol. The molecule has 0 aliphatic carbocycles. The van der Waals surface area contributed by atoms with Crippen LogP contribution in [0.3, 0.4) is 0 Å². The Labute approximate surface area is 232 Å². The largest absolute Gasteiger partial charge is 0.392 e. The molecular formula is C28H35FN8O3. The molecule has 3 heterocycles. The quantitative estimate of drug-likeness (QED) is 0.225. The molecule has 1 saturated heterocycles. The highest BCUT2D eigenvalue weighted by Gasteiger charge is 2.19. The van der Waals surface area contributed by atoms with E-state index in [1.54, 1.807) is 36.5 Å². The van der Waals surface area contributed by atoms with Crippen LogP contribution in [-0.4, -0.2) is 70.7 Å². The SMILES string of the molecule is CCNc1nc(-c2ccc(NC(=O)NCc3ccc(N)nc3)c(F)c2)ccc1C(=O)NCCN1CCCC(O)C1. The van der Waals surface area contributed by atoms with Crippen molar-refractivity contribution in [2.75, 3.05) is 49.1 Å². The molecule has 12 heteroatoms. The van der Waals surface area contributed by atoms with Crippen molar-refractivity contribution in [3.05, 3.63) is 65.6 Å². The van der Waals surface area contributed by atoms with Gasteiger partial charge in [0.05, 0.1) is 23.0 Å². The molecule has 0 spiro atoms.